The quantitative estimate of drug-likeness (QED) is 0.748. The van der Waals surface area contributed by atoms with Crippen molar-refractivity contribution >= 4 is 23.2 Å². The first kappa shape index (κ1) is 15.8. The first-order valence-corrected chi connectivity index (χ1v) is 7.51. The summed E-state index contributed by atoms with van der Waals surface area (Å²) in [5, 5.41) is 4.90. The number of halogens is 2. The molecule has 2 unspecified atom stereocenters. The van der Waals surface area contributed by atoms with Crippen molar-refractivity contribution in [2.75, 3.05) is 6.54 Å². The van der Waals surface area contributed by atoms with Gasteiger partial charge in [0.05, 0.1) is 10.0 Å². The summed E-state index contributed by atoms with van der Waals surface area (Å²) in [6.07, 6.45) is 3.35. The molecule has 0 aliphatic carbocycles. The summed E-state index contributed by atoms with van der Waals surface area (Å²) < 4.78 is 0. The van der Waals surface area contributed by atoms with E-state index in [0.717, 1.165) is 19.4 Å². The van der Waals surface area contributed by atoms with Crippen LogP contribution in [0.15, 0.2) is 18.2 Å². The SMILES string of the molecule is CCCNC(Cc1ccc(Cl)c(Cl)c1)C(C)CC. The minimum absolute atomic E-state index is 0.507. The van der Waals surface area contributed by atoms with Crippen LogP contribution >= 0.6 is 23.2 Å². The lowest BCUT2D eigenvalue weighted by molar-refractivity contribution is 0.365. The highest BCUT2D eigenvalue weighted by Crippen LogP contribution is 2.24. The molecule has 0 heterocycles. The van der Waals surface area contributed by atoms with Crippen molar-refractivity contribution < 1.29 is 0 Å². The number of nitrogens with one attached hydrogen (secondary N) is 1. The second-order valence-corrected chi connectivity index (χ2v) is 5.71. The van der Waals surface area contributed by atoms with Crippen molar-refractivity contribution in [2.45, 2.75) is 46.1 Å². The highest BCUT2D eigenvalue weighted by Gasteiger charge is 2.15. The summed E-state index contributed by atoms with van der Waals surface area (Å²) in [6.45, 7) is 7.79. The third-order valence-corrected chi connectivity index (χ3v) is 4.17. The summed E-state index contributed by atoms with van der Waals surface area (Å²) in [6, 6.07) is 6.43. The molecule has 1 aromatic rings. The third kappa shape index (κ3) is 4.79. The van der Waals surface area contributed by atoms with Crippen LogP contribution in [-0.2, 0) is 6.42 Å². The molecule has 102 valence electrons. The van der Waals surface area contributed by atoms with E-state index >= 15 is 0 Å². The van der Waals surface area contributed by atoms with Gasteiger partial charge in [-0.25, -0.2) is 0 Å². The molecule has 0 saturated carbocycles. The Morgan fingerprint density at radius 3 is 2.44 bits per heavy atom. The molecule has 2 atom stereocenters. The first-order chi connectivity index (χ1) is 8.58. The molecule has 0 fully saturated rings. The van der Waals surface area contributed by atoms with Gasteiger partial charge in [-0.15, -0.1) is 0 Å². The molecular weight excluding hydrogens is 265 g/mol. The molecule has 18 heavy (non-hydrogen) atoms. The maximum Gasteiger partial charge on any atom is 0.0595 e. The Hall–Kier alpha value is -0.240. The van der Waals surface area contributed by atoms with Crippen LogP contribution in [0.1, 0.15) is 39.2 Å². The van der Waals surface area contributed by atoms with Gasteiger partial charge in [0.1, 0.15) is 0 Å². The molecule has 0 spiro atoms. The summed E-state index contributed by atoms with van der Waals surface area (Å²) in [5.41, 5.74) is 1.25. The number of hydrogen-bond donors (Lipinski definition) is 1. The van der Waals surface area contributed by atoms with Gasteiger partial charge >= 0.3 is 0 Å². The molecule has 3 heteroatoms. The maximum absolute atomic E-state index is 6.06. The maximum atomic E-state index is 6.06. The van der Waals surface area contributed by atoms with E-state index in [1.165, 1.54) is 12.0 Å². The predicted molar refractivity (Wildman–Crippen MR) is 81.7 cm³/mol. The van der Waals surface area contributed by atoms with Crippen LogP contribution in [0.4, 0.5) is 0 Å². The number of hydrogen-bond acceptors (Lipinski definition) is 1. The minimum Gasteiger partial charge on any atom is -0.313 e. The van der Waals surface area contributed by atoms with Crippen LogP contribution in [0.3, 0.4) is 0 Å². The van der Waals surface area contributed by atoms with E-state index < -0.39 is 0 Å². The Bertz CT molecular complexity index is 366. The monoisotopic (exact) mass is 287 g/mol. The zero-order valence-corrected chi connectivity index (χ0v) is 13.0. The highest BCUT2D eigenvalue weighted by molar-refractivity contribution is 6.42. The van der Waals surface area contributed by atoms with Crippen LogP contribution < -0.4 is 5.32 Å². The van der Waals surface area contributed by atoms with Gasteiger partial charge in [0.15, 0.2) is 0 Å². The fourth-order valence-electron chi connectivity index (χ4n) is 2.01. The van der Waals surface area contributed by atoms with E-state index in [1.54, 1.807) is 0 Å². The van der Waals surface area contributed by atoms with E-state index in [2.05, 4.69) is 32.2 Å². The van der Waals surface area contributed by atoms with Crippen LogP contribution in [0.5, 0.6) is 0 Å². The molecule has 0 aliphatic rings. The molecule has 0 bridgehead atoms. The Morgan fingerprint density at radius 1 is 1.17 bits per heavy atom. The average molecular weight is 288 g/mol. The van der Waals surface area contributed by atoms with Gasteiger partial charge in [0.25, 0.3) is 0 Å². The van der Waals surface area contributed by atoms with Crippen LogP contribution in [0.2, 0.25) is 10.0 Å². The van der Waals surface area contributed by atoms with Gasteiger partial charge in [-0.3, -0.25) is 0 Å². The predicted octanol–water partition coefficient (Wildman–Crippen LogP) is 4.95. The Morgan fingerprint density at radius 2 is 1.89 bits per heavy atom. The van der Waals surface area contributed by atoms with Gasteiger partial charge in [-0.1, -0.05) is 56.5 Å². The largest absolute Gasteiger partial charge is 0.313 e. The molecule has 1 rings (SSSR count). The molecule has 0 saturated heterocycles. The lowest BCUT2D eigenvalue weighted by atomic mass is 9.93. The van der Waals surface area contributed by atoms with E-state index in [0.29, 0.717) is 22.0 Å². The molecule has 0 aliphatic heterocycles. The number of benzene rings is 1. The second kappa shape index (κ2) is 8.04. The molecule has 0 aromatic heterocycles. The van der Waals surface area contributed by atoms with Crippen LogP contribution in [0, 0.1) is 5.92 Å². The lowest BCUT2D eigenvalue weighted by Crippen LogP contribution is -2.37. The highest BCUT2D eigenvalue weighted by atomic mass is 35.5. The molecule has 0 amide bonds. The normalized spacial score (nSPS) is 14.5. The summed E-state index contributed by atoms with van der Waals surface area (Å²) in [4.78, 5) is 0. The lowest BCUT2D eigenvalue weighted by Gasteiger charge is -2.24. The van der Waals surface area contributed by atoms with Crippen LogP contribution in [0.25, 0.3) is 0 Å². The average Bonchev–Trinajstić information content (AvgIpc) is 2.37. The summed E-state index contributed by atoms with van der Waals surface area (Å²) >= 11 is 12.0. The van der Waals surface area contributed by atoms with Gasteiger partial charge in [-0.2, -0.15) is 0 Å². The topological polar surface area (TPSA) is 12.0 Å². The number of rotatable bonds is 7. The van der Waals surface area contributed by atoms with Crippen molar-refractivity contribution in [3.05, 3.63) is 33.8 Å². The summed E-state index contributed by atoms with van der Waals surface area (Å²) in [7, 11) is 0. The Labute approximate surface area is 121 Å². The zero-order valence-electron chi connectivity index (χ0n) is 11.5. The van der Waals surface area contributed by atoms with E-state index in [4.69, 9.17) is 23.2 Å². The zero-order chi connectivity index (χ0) is 13.5. The van der Waals surface area contributed by atoms with Crippen molar-refractivity contribution in [3.63, 3.8) is 0 Å². The van der Waals surface area contributed by atoms with Crippen molar-refractivity contribution in [1.29, 1.82) is 0 Å². The van der Waals surface area contributed by atoms with E-state index in [-0.39, 0.29) is 0 Å². The second-order valence-electron chi connectivity index (χ2n) is 4.90. The van der Waals surface area contributed by atoms with Crippen molar-refractivity contribution in [1.82, 2.24) is 5.32 Å². The molecule has 0 radical (unpaired) electrons. The molecular formula is C15H23Cl2N. The Kier molecular flexibility index (Phi) is 7.06. The molecule has 1 aromatic carbocycles. The van der Waals surface area contributed by atoms with Crippen molar-refractivity contribution in [3.8, 4) is 0 Å². The van der Waals surface area contributed by atoms with E-state index in [9.17, 15) is 0 Å². The van der Waals surface area contributed by atoms with E-state index in [1.807, 2.05) is 12.1 Å². The smallest absolute Gasteiger partial charge is 0.0595 e. The third-order valence-electron chi connectivity index (χ3n) is 3.43. The van der Waals surface area contributed by atoms with Gasteiger partial charge in [0.2, 0.25) is 0 Å². The minimum atomic E-state index is 0.507. The standard InChI is InChI=1S/C15H23Cl2N/c1-4-8-18-15(11(3)5-2)10-12-6-7-13(16)14(17)9-12/h6-7,9,11,15,18H,4-5,8,10H2,1-3H3. The first-order valence-electron chi connectivity index (χ1n) is 6.75. The Balaban J connectivity index is 2.71. The fourth-order valence-corrected chi connectivity index (χ4v) is 2.33. The molecule has 1 N–H and O–H groups in total. The fraction of sp³-hybridized carbons (Fsp3) is 0.600. The van der Waals surface area contributed by atoms with Gasteiger partial charge < -0.3 is 5.32 Å². The summed E-state index contributed by atoms with van der Waals surface area (Å²) in [5.74, 6) is 0.658. The van der Waals surface area contributed by atoms with Crippen LogP contribution in [-0.4, -0.2) is 12.6 Å². The van der Waals surface area contributed by atoms with Gasteiger partial charge in [-0.05, 0) is 43.0 Å². The molecule has 1 nitrogen and oxygen atoms in total. The van der Waals surface area contributed by atoms with Gasteiger partial charge in [0, 0.05) is 6.04 Å². The van der Waals surface area contributed by atoms with Crippen molar-refractivity contribution in [2.24, 2.45) is 5.92 Å².